The molecule has 6 heteroatoms. The van der Waals surface area contributed by atoms with E-state index in [2.05, 4.69) is 10.6 Å². The molecule has 1 atom stereocenters. The van der Waals surface area contributed by atoms with Crippen molar-refractivity contribution in [1.29, 1.82) is 0 Å². The van der Waals surface area contributed by atoms with E-state index in [1.807, 2.05) is 19.1 Å². The van der Waals surface area contributed by atoms with Crippen molar-refractivity contribution in [3.05, 3.63) is 18.2 Å². The highest BCUT2D eigenvalue weighted by molar-refractivity contribution is 8.00. The van der Waals surface area contributed by atoms with E-state index < -0.39 is 6.10 Å². The summed E-state index contributed by atoms with van der Waals surface area (Å²) in [5.41, 5.74) is 1.39. The third kappa shape index (κ3) is 3.48. The number of thioether (sulfide) groups is 1. The van der Waals surface area contributed by atoms with Crippen LogP contribution < -0.4 is 10.6 Å². The lowest BCUT2D eigenvalue weighted by atomic mass is 10.2. The number of hydrogen-bond donors (Lipinski definition) is 2. The van der Waals surface area contributed by atoms with E-state index in [-0.39, 0.29) is 11.8 Å². The van der Waals surface area contributed by atoms with Crippen LogP contribution in [-0.4, -0.2) is 30.3 Å². The largest absolute Gasteiger partial charge is 0.369 e. The second-order valence-corrected chi connectivity index (χ2v) is 5.15. The van der Waals surface area contributed by atoms with Crippen molar-refractivity contribution in [1.82, 2.24) is 0 Å². The summed E-state index contributed by atoms with van der Waals surface area (Å²) in [5.74, 6) is 0.209. The highest BCUT2D eigenvalue weighted by Gasteiger charge is 2.17. The highest BCUT2D eigenvalue weighted by atomic mass is 32.2. The summed E-state index contributed by atoms with van der Waals surface area (Å²) in [7, 11) is 0. The lowest BCUT2D eigenvalue weighted by Gasteiger charge is -2.18. The van der Waals surface area contributed by atoms with Gasteiger partial charge in [-0.3, -0.25) is 9.59 Å². The molecule has 2 N–H and O–H groups in total. The molecule has 0 saturated heterocycles. The molecule has 1 aliphatic heterocycles. The maximum atomic E-state index is 11.8. The van der Waals surface area contributed by atoms with Crippen LogP contribution in [0.15, 0.2) is 23.1 Å². The highest BCUT2D eigenvalue weighted by Crippen LogP contribution is 2.33. The lowest BCUT2D eigenvalue weighted by Crippen LogP contribution is -2.27. The summed E-state index contributed by atoms with van der Waals surface area (Å²) in [6, 6.07) is 5.47. The number of carbonyl (C=O) groups is 2. The van der Waals surface area contributed by atoms with E-state index >= 15 is 0 Å². The fourth-order valence-corrected chi connectivity index (χ4v) is 2.52. The summed E-state index contributed by atoms with van der Waals surface area (Å²) in [4.78, 5) is 24.1. The number of amides is 2. The number of benzene rings is 1. The van der Waals surface area contributed by atoms with Gasteiger partial charge in [0.05, 0.1) is 11.4 Å². The number of anilines is 2. The Balaban J connectivity index is 2.08. The third-order valence-corrected chi connectivity index (χ3v) is 3.74. The second kappa shape index (κ2) is 6.08. The fraction of sp³-hybridized carbons (Fsp3) is 0.385. The van der Waals surface area contributed by atoms with Crippen LogP contribution in [0.1, 0.15) is 13.8 Å². The maximum Gasteiger partial charge on any atom is 0.253 e. The predicted molar refractivity (Wildman–Crippen MR) is 75.5 cm³/mol. The molecule has 0 spiro atoms. The van der Waals surface area contributed by atoms with Gasteiger partial charge in [0.25, 0.3) is 5.91 Å². The smallest absolute Gasteiger partial charge is 0.253 e. The van der Waals surface area contributed by atoms with Gasteiger partial charge in [-0.2, -0.15) is 0 Å². The van der Waals surface area contributed by atoms with Gasteiger partial charge in [0.2, 0.25) is 5.91 Å². The van der Waals surface area contributed by atoms with Gasteiger partial charge in [-0.1, -0.05) is 0 Å². The molecule has 2 amide bonds. The zero-order chi connectivity index (χ0) is 13.8. The summed E-state index contributed by atoms with van der Waals surface area (Å²) in [6.45, 7) is 4.04. The van der Waals surface area contributed by atoms with E-state index in [9.17, 15) is 9.59 Å². The van der Waals surface area contributed by atoms with E-state index in [1.54, 1.807) is 13.0 Å². The summed E-state index contributed by atoms with van der Waals surface area (Å²) < 4.78 is 5.22. The van der Waals surface area contributed by atoms with Crippen LogP contribution >= 0.6 is 11.8 Å². The van der Waals surface area contributed by atoms with Crippen molar-refractivity contribution >= 4 is 35.0 Å². The molecule has 1 aliphatic rings. The Kier molecular flexibility index (Phi) is 4.44. The zero-order valence-corrected chi connectivity index (χ0v) is 11.7. The average molecular weight is 280 g/mol. The zero-order valence-electron chi connectivity index (χ0n) is 10.9. The molecule has 1 aromatic carbocycles. The molecule has 0 unspecified atom stereocenters. The minimum atomic E-state index is -0.495. The van der Waals surface area contributed by atoms with Gasteiger partial charge < -0.3 is 15.4 Å². The van der Waals surface area contributed by atoms with Crippen molar-refractivity contribution < 1.29 is 14.3 Å². The van der Waals surface area contributed by atoms with E-state index in [4.69, 9.17) is 4.74 Å². The topological polar surface area (TPSA) is 67.4 Å². The number of carbonyl (C=O) groups excluding carboxylic acids is 2. The molecule has 0 radical (unpaired) electrons. The number of fused-ring (bicyclic) bond motifs is 1. The SMILES string of the molecule is CCO[C@H](C)C(=O)Nc1ccc2c(c1)NC(=O)CS2. The van der Waals surface area contributed by atoms with Gasteiger partial charge >= 0.3 is 0 Å². The molecule has 0 bridgehead atoms. The number of hydrogen-bond acceptors (Lipinski definition) is 4. The molecular weight excluding hydrogens is 264 g/mol. The van der Waals surface area contributed by atoms with E-state index in [0.29, 0.717) is 18.0 Å². The Labute approximate surface area is 116 Å². The van der Waals surface area contributed by atoms with E-state index in [0.717, 1.165) is 10.6 Å². The minimum absolute atomic E-state index is 0.0244. The van der Waals surface area contributed by atoms with Crippen LogP contribution in [0.2, 0.25) is 0 Å². The molecule has 102 valence electrons. The van der Waals surface area contributed by atoms with Crippen LogP contribution in [-0.2, 0) is 14.3 Å². The van der Waals surface area contributed by atoms with Gasteiger partial charge in [0.15, 0.2) is 0 Å². The first-order valence-corrected chi connectivity index (χ1v) is 7.08. The standard InChI is InChI=1S/C13H16N2O3S/c1-3-18-8(2)13(17)14-9-4-5-11-10(6-9)15-12(16)7-19-11/h4-6,8H,3,7H2,1-2H3,(H,14,17)(H,15,16)/t8-/m1/s1. The average Bonchev–Trinajstić information content (AvgIpc) is 2.38. The van der Waals surface area contributed by atoms with Crippen LogP contribution in [0.25, 0.3) is 0 Å². The quantitative estimate of drug-likeness (QED) is 0.886. The molecule has 0 aliphatic carbocycles. The minimum Gasteiger partial charge on any atom is -0.369 e. The molecule has 0 saturated carbocycles. The van der Waals surface area contributed by atoms with Gasteiger partial charge in [0, 0.05) is 17.2 Å². The predicted octanol–water partition coefficient (Wildman–Crippen LogP) is 2.09. The van der Waals surface area contributed by atoms with Crippen LogP contribution in [0, 0.1) is 0 Å². The first kappa shape index (κ1) is 13.9. The fourth-order valence-electron chi connectivity index (χ4n) is 1.73. The summed E-state index contributed by atoms with van der Waals surface area (Å²) in [5, 5.41) is 5.55. The molecular formula is C13H16N2O3S. The Morgan fingerprint density at radius 2 is 2.37 bits per heavy atom. The van der Waals surface area contributed by atoms with Gasteiger partial charge in [-0.05, 0) is 32.0 Å². The van der Waals surface area contributed by atoms with Crippen molar-refractivity contribution in [3.8, 4) is 0 Å². The molecule has 5 nitrogen and oxygen atoms in total. The first-order chi connectivity index (χ1) is 9.10. The summed E-state index contributed by atoms with van der Waals surface area (Å²) in [6.07, 6.45) is -0.495. The number of nitrogens with one attached hydrogen (secondary N) is 2. The Bertz CT molecular complexity index is 505. The second-order valence-electron chi connectivity index (χ2n) is 4.13. The Hall–Kier alpha value is -1.53. The molecule has 1 aromatic rings. The Morgan fingerprint density at radius 3 is 3.11 bits per heavy atom. The van der Waals surface area contributed by atoms with Crippen molar-refractivity contribution in [2.24, 2.45) is 0 Å². The third-order valence-electron chi connectivity index (χ3n) is 2.67. The first-order valence-electron chi connectivity index (χ1n) is 6.09. The lowest BCUT2D eigenvalue weighted by molar-refractivity contribution is -0.126. The maximum absolute atomic E-state index is 11.8. The monoisotopic (exact) mass is 280 g/mol. The van der Waals surface area contributed by atoms with Crippen molar-refractivity contribution in [3.63, 3.8) is 0 Å². The van der Waals surface area contributed by atoms with Crippen molar-refractivity contribution in [2.45, 2.75) is 24.8 Å². The molecule has 2 rings (SSSR count). The van der Waals surface area contributed by atoms with Crippen LogP contribution in [0.3, 0.4) is 0 Å². The molecule has 1 heterocycles. The van der Waals surface area contributed by atoms with Crippen LogP contribution in [0.5, 0.6) is 0 Å². The van der Waals surface area contributed by atoms with Gasteiger partial charge in [-0.25, -0.2) is 0 Å². The van der Waals surface area contributed by atoms with Gasteiger partial charge in [-0.15, -0.1) is 11.8 Å². The number of rotatable bonds is 4. The van der Waals surface area contributed by atoms with E-state index in [1.165, 1.54) is 11.8 Å². The molecule has 19 heavy (non-hydrogen) atoms. The summed E-state index contributed by atoms with van der Waals surface area (Å²) >= 11 is 1.49. The molecule has 0 fully saturated rings. The van der Waals surface area contributed by atoms with Crippen molar-refractivity contribution in [2.75, 3.05) is 23.0 Å². The van der Waals surface area contributed by atoms with Gasteiger partial charge in [0.1, 0.15) is 6.10 Å². The Morgan fingerprint density at radius 1 is 1.58 bits per heavy atom. The number of ether oxygens (including phenoxy) is 1. The molecule has 0 aromatic heterocycles. The normalized spacial score (nSPS) is 15.4. The van der Waals surface area contributed by atoms with Crippen LogP contribution in [0.4, 0.5) is 11.4 Å².